The Kier molecular flexibility index (Phi) is 9.55. The molecular weight excluding hydrogens is 439 g/mol. The Morgan fingerprint density at radius 1 is 1.31 bits per heavy atom. The maximum Gasteiger partial charge on any atom is 0.341 e. The van der Waals surface area contributed by atoms with E-state index < -0.39 is 17.9 Å². The smallest absolute Gasteiger partial charge is 0.341 e. The van der Waals surface area contributed by atoms with Gasteiger partial charge in [0.1, 0.15) is 17.3 Å². The van der Waals surface area contributed by atoms with E-state index in [1.54, 1.807) is 20.8 Å². The van der Waals surface area contributed by atoms with Crippen LogP contribution in [0.4, 0.5) is 10.2 Å². The van der Waals surface area contributed by atoms with Crippen LogP contribution in [0.15, 0.2) is 41.5 Å². The fraction of sp³-hybridized carbons (Fsp3) is 0.364. The van der Waals surface area contributed by atoms with Gasteiger partial charge in [0.05, 0.1) is 12.7 Å². The van der Waals surface area contributed by atoms with Gasteiger partial charge in [-0.2, -0.15) is 5.10 Å². The van der Waals surface area contributed by atoms with E-state index in [9.17, 15) is 14.0 Å². The molecule has 2 rings (SSSR count). The van der Waals surface area contributed by atoms with Gasteiger partial charge in [-0.25, -0.2) is 19.2 Å². The number of amidine groups is 1. The van der Waals surface area contributed by atoms with E-state index in [1.165, 1.54) is 11.9 Å². The second-order valence-electron chi connectivity index (χ2n) is 7.00. The number of ether oxygens (including phenoxy) is 2. The van der Waals surface area contributed by atoms with Crippen LogP contribution in [0, 0.1) is 5.82 Å². The van der Waals surface area contributed by atoms with Crippen LogP contribution in [0.1, 0.15) is 36.7 Å². The summed E-state index contributed by atoms with van der Waals surface area (Å²) in [6, 6.07) is 10.5. The number of benzene rings is 1. The van der Waals surface area contributed by atoms with Crippen molar-refractivity contribution < 1.29 is 23.5 Å². The number of anilines is 1. The number of hydrazone groups is 1. The number of amides is 1. The molecule has 8 nitrogen and oxygen atoms in total. The van der Waals surface area contributed by atoms with Crippen molar-refractivity contribution in [1.82, 2.24) is 9.88 Å². The highest BCUT2D eigenvalue weighted by Gasteiger charge is 2.21. The Hall–Kier alpha value is -3.04. The third-order valence-corrected chi connectivity index (χ3v) is 4.48. The van der Waals surface area contributed by atoms with E-state index in [0.29, 0.717) is 19.6 Å². The van der Waals surface area contributed by atoms with Gasteiger partial charge in [0.15, 0.2) is 17.5 Å². The Morgan fingerprint density at radius 2 is 2.00 bits per heavy atom. The van der Waals surface area contributed by atoms with Crippen LogP contribution in [0.3, 0.4) is 0 Å². The van der Waals surface area contributed by atoms with Gasteiger partial charge >= 0.3 is 5.97 Å². The zero-order valence-corrected chi connectivity index (χ0v) is 19.2. The molecule has 0 saturated carbocycles. The lowest BCUT2D eigenvalue weighted by Crippen LogP contribution is -2.35. The van der Waals surface area contributed by atoms with Gasteiger partial charge in [-0.05, 0) is 32.4 Å². The van der Waals surface area contributed by atoms with Gasteiger partial charge in [0, 0.05) is 13.6 Å². The SMILES string of the molecule is CCN(C=O)/C(COCc1ccccc1)=N\N(C)c1nc(Cl)c(C(=O)OC(C)C)cc1F. The summed E-state index contributed by atoms with van der Waals surface area (Å²) in [5.41, 5.74) is 0.770. The van der Waals surface area contributed by atoms with Crippen LogP contribution >= 0.6 is 11.6 Å². The Bertz CT molecular complexity index is 956. The molecule has 1 amide bonds. The van der Waals surface area contributed by atoms with Gasteiger partial charge in [-0.3, -0.25) is 9.69 Å². The maximum absolute atomic E-state index is 14.7. The lowest BCUT2D eigenvalue weighted by Gasteiger charge is -2.21. The molecule has 10 heteroatoms. The van der Waals surface area contributed by atoms with Crippen molar-refractivity contribution in [3.63, 3.8) is 0 Å². The summed E-state index contributed by atoms with van der Waals surface area (Å²) in [7, 11) is 1.45. The van der Waals surface area contributed by atoms with Crippen molar-refractivity contribution in [2.45, 2.75) is 33.5 Å². The third kappa shape index (κ3) is 7.00. The molecule has 0 radical (unpaired) electrons. The highest BCUT2D eigenvalue weighted by molar-refractivity contribution is 6.32. The van der Waals surface area contributed by atoms with E-state index in [0.717, 1.165) is 16.6 Å². The molecule has 1 aromatic heterocycles. The third-order valence-electron chi connectivity index (χ3n) is 4.19. The molecule has 0 aliphatic heterocycles. The first kappa shape index (κ1) is 25.2. The molecule has 172 valence electrons. The molecule has 0 fully saturated rings. The number of nitrogens with zero attached hydrogens (tertiary/aromatic N) is 4. The topological polar surface area (TPSA) is 84.3 Å². The van der Waals surface area contributed by atoms with E-state index in [4.69, 9.17) is 21.1 Å². The zero-order valence-electron chi connectivity index (χ0n) is 18.4. The minimum Gasteiger partial charge on any atom is -0.459 e. The van der Waals surface area contributed by atoms with Gasteiger partial charge in [0.25, 0.3) is 0 Å². The molecule has 0 spiro atoms. The van der Waals surface area contributed by atoms with Crippen LogP contribution in [0.5, 0.6) is 0 Å². The first-order valence-corrected chi connectivity index (χ1v) is 10.4. The van der Waals surface area contributed by atoms with Gasteiger partial charge < -0.3 is 9.47 Å². The number of halogens is 2. The molecule has 0 N–H and O–H groups in total. The lowest BCUT2D eigenvalue weighted by molar-refractivity contribution is -0.114. The Labute approximate surface area is 191 Å². The number of hydrogen-bond donors (Lipinski definition) is 0. The first-order chi connectivity index (χ1) is 15.3. The largest absolute Gasteiger partial charge is 0.459 e. The standard InChI is InChI=1S/C22H26ClFN4O4/c1-5-28(14-29)19(13-31-12-16-9-7-6-8-10-16)26-27(4)21-18(24)11-17(20(23)25-21)22(30)32-15(2)3/h6-11,14-15H,5,12-13H2,1-4H3/b26-19-. The van der Waals surface area contributed by atoms with E-state index >= 15 is 0 Å². The molecule has 2 aromatic rings. The second-order valence-corrected chi connectivity index (χ2v) is 7.35. The molecule has 1 heterocycles. The van der Waals surface area contributed by atoms with Crippen molar-refractivity contribution in [2.75, 3.05) is 25.2 Å². The number of esters is 1. The summed E-state index contributed by atoms with van der Waals surface area (Å²) >= 11 is 6.08. The number of pyridine rings is 1. The fourth-order valence-electron chi connectivity index (χ4n) is 2.65. The average Bonchev–Trinajstić information content (AvgIpc) is 2.75. The number of aromatic nitrogens is 1. The van der Waals surface area contributed by atoms with Crippen LogP contribution < -0.4 is 5.01 Å². The number of carbonyl (C=O) groups is 2. The predicted octanol–water partition coefficient (Wildman–Crippen LogP) is 3.88. The van der Waals surface area contributed by atoms with Gasteiger partial charge in [-0.1, -0.05) is 41.9 Å². The van der Waals surface area contributed by atoms with Crippen molar-refractivity contribution >= 4 is 35.6 Å². The molecule has 0 saturated heterocycles. The average molecular weight is 465 g/mol. The monoisotopic (exact) mass is 464 g/mol. The highest BCUT2D eigenvalue weighted by Crippen LogP contribution is 2.24. The minimum absolute atomic E-state index is 0.0000363. The summed E-state index contributed by atoms with van der Waals surface area (Å²) in [4.78, 5) is 28.8. The summed E-state index contributed by atoms with van der Waals surface area (Å²) in [6.07, 6.45) is 0.218. The minimum atomic E-state index is -0.824. The fourth-order valence-corrected chi connectivity index (χ4v) is 2.86. The van der Waals surface area contributed by atoms with Crippen molar-refractivity contribution in [3.05, 3.63) is 58.5 Å². The maximum atomic E-state index is 14.7. The molecule has 0 aliphatic rings. The van der Waals surface area contributed by atoms with Gasteiger partial charge in [-0.15, -0.1) is 0 Å². The highest BCUT2D eigenvalue weighted by atomic mass is 35.5. The summed E-state index contributed by atoms with van der Waals surface area (Å²) < 4.78 is 25.4. The molecule has 0 bridgehead atoms. The number of carbonyl (C=O) groups excluding carboxylic acids is 2. The number of likely N-dealkylation sites (N-methyl/N-ethyl adjacent to an activating group) is 1. The number of rotatable bonds is 10. The summed E-state index contributed by atoms with van der Waals surface area (Å²) in [5, 5.41) is 5.19. The predicted molar refractivity (Wildman–Crippen MR) is 120 cm³/mol. The molecular formula is C22H26ClFN4O4. The molecule has 0 atom stereocenters. The number of hydrogen-bond acceptors (Lipinski definition) is 7. The normalized spacial score (nSPS) is 11.4. The van der Waals surface area contributed by atoms with E-state index in [2.05, 4.69) is 10.1 Å². The van der Waals surface area contributed by atoms with Crippen molar-refractivity contribution in [1.29, 1.82) is 0 Å². The first-order valence-electron chi connectivity index (χ1n) is 9.98. The van der Waals surface area contributed by atoms with Crippen molar-refractivity contribution in [2.24, 2.45) is 5.10 Å². The van der Waals surface area contributed by atoms with Gasteiger partial charge in [0.2, 0.25) is 6.41 Å². The lowest BCUT2D eigenvalue weighted by atomic mass is 10.2. The van der Waals surface area contributed by atoms with Crippen molar-refractivity contribution in [3.8, 4) is 0 Å². The molecule has 0 unspecified atom stereocenters. The van der Waals surface area contributed by atoms with Crippen LogP contribution in [0.2, 0.25) is 5.15 Å². The summed E-state index contributed by atoms with van der Waals surface area (Å²) in [6.45, 7) is 5.75. The van der Waals surface area contributed by atoms with Crippen LogP contribution in [-0.4, -0.2) is 54.4 Å². The molecule has 32 heavy (non-hydrogen) atoms. The Balaban J connectivity index is 2.24. The van der Waals surface area contributed by atoms with E-state index in [1.807, 2.05) is 30.3 Å². The zero-order chi connectivity index (χ0) is 23.7. The Morgan fingerprint density at radius 3 is 2.59 bits per heavy atom. The van der Waals surface area contributed by atoms with E-state index in [-0.39, 0.29) is 29.0 Å². The molecule has 1 aromatic carbocycles. The quantitative estimate of drug-likeness (QED) is 0.132. The second kappa shape index (κ2) is 12.1. The van der Waals surface area contributed by atoms with Crippen LogP contribution in [-0.2, 0) is 20.9 Å². The van der Waals surface area contributed by atoms with Crippen LogP contribution in [0.25, 0.3) is 0 Å². The molecule has 0 aliphatic carbocycles. The summed E-state index contributed by atoms with van der Waals surface area (Å²) in [5.74, 6) is -1.57.